The van der Waals surface area contributed by atoms with E-state index in [0.29, 0.717) is 0 Å². The summed E-state index contributed by atoms with van der Waals surface area (Å²) in [4.78, 5) is 35.2. The lowest BCUT2D eigenvalue weighted by Crippen LogP contribution is -2.46. The van der Waals surface area contributed by atoms with Crippen LogP contribution in [0.1, 0.15) is 48.0 Å². The number of aromatic hydroxyl groups is 1. The fraction of sp³-hybridized carbons (Fsp3) is 0.471. The van der Waals surface area contributed by atoms with Gasteiger partial charge in [0.05, 0.1) is 0 Å². The molecule has 2 rings (SSSR count). The Morgan fingerprint density at radius 1 is 1.21 bits per heavy atom. The Morgan fingerprint density at radius 3 is 2.62 bits per heavy atom. The molecule has 0 unspecified atom stereocenters. The molecule has 0 aliphatic heterocycles. The zero-order valence-electron chi connectivity index (χ0n) is 13.6. The highest BCUT2D eigenvalue weighted by Crippen LogP contribution is 2.19. The number of phenolic OH excluding ortho intramolecular Hbond substituents is 1. The second-order valence-electron chi connectivity index (χ2n) is 5.95. The summed E-state index contributed by atoms with van der Waals surface area (Å²) in [5, 5.41) is 14.5. The van der Waals surface area contributed by atoms with Gasteiger partial charge in [0, 0.05) is 6.04 Å². The lowest BCUT2D eigenvalue weighted by Gasteiger charge is -2.22. The minimum Gasteiger partial charge on any atom is -0.507 e. The number of carbonyl (C=O) groups is 3. The summed E-state index contributed by atoms with van der Waals surface area (Å²) in [5.41, 5.74) is 0.755. The third kappa shape index (κ3) is 5.26. The first kappa shape index (κ1) is 17.8. The van der Waals surface area contributed by atoms with Crippen LogP contribution in [0.5, 0.6) is 5.75 Å². The smallest absolute Gasteiger partial charge is 0.342 e. The van der Waals surface area contributed by atoms with E-state index < -0.39 is 24.5 Å². The molecule has 3 N–H and O–H groups in total. The Balaban J connectivity index is 1.76. The first-order chi connectivity index (χ1) is 11.5. The average molecular weight is 334 g/mol. The van der Waals surface area contributed by atoms with Crippen LogP contribution in [0.4, 0.5) is 4.79 Å². The highest BCUT2D eigenvalue weighted by molar-refractivity contribution is 5.97. The number of hydrogen-bond acceptors (Lipinski definition) is 5. The second-order valence-corrected chi connectivity index (χ2v) is 5.95. The van der Waals surface area contributed by atoms with E-state index in [1.54, 1.807) is 13.0 Å². The van der Waals surface area contributed by atoms with Crippen molar-refractivity contribution in [1.82, 2.24) is 10.6 Å². The number of urea groups is 1. The molecule has 1 aromatic rings. The van der Waals surface area contributed by atoms with E-state index in [-0.39, 0.29) is 17.4 Å². The van der Waals surface area contributed by atoms with Gasteiger partial charge in [-0.1, -0.05) is 30.9 Å². The van der Waals surface area contributed by atoms with Gasteiger partial charge in [-0.15, -0.1) is 0 Å². The molecule has 1 aliphatic carbocycles. The molecule has 3 amide bonds. The Morgan fingerprint density at radius 2 is 1.92 bits per heavy atom. The molecule has 0 aromatic heterocycles. The average Bonchev–Trinajstić information content (AvgIpc) is 2.55. The minimum atomic E-state index is -0.820. The molecule has 1 saturated carbocycles. The minimum absolute atomic E-state index is 0.0190. The number of esters is 1. The monoisotopic (exact) mass is 334 g/mol. The van der Waals surface area contributed by atoms with Crippen molar-refractivity contribution in [3.8, 4) is 5.75 Å². The lowest BCUT2D eigenvalue weighted by atomic mass is 9.96. The molecule has 0 radical (unpaired) electrons. The molecular weight excluding hydrogens is 312 g/mol. The number of carbonyl (C=O) groups excluding carboxylic acids is 3. The molecule has 130 valence electrons. The zero-order valence-corrected chi connectivity index (χ0v) is 13.6. The van der Waals surface area contributed by atoms with E-state index in [1.807, 2.05) is 0 Å². The molecule has 24 heavy (non-hydrogen) atoms. The Bertz CT molecular complexity index is 623. The molecule has 0 bridgehead atoms. The van der Waals surface area contributed by atoms with Crippen LogP contribution in [-0.2, 0) is 9.53 Å². The van der Waals surface area contributed by atoms with Crippen molar-refractivity contribution in [2.24, 2.45) is 0 Å². The van der Waals surface area contributed by atoms with Gasteiger partial charge in [-0.05, 0) is 31.9 Å². The fourth-order valence-corrected chi connectivity index (χ4v) is 2.65. The van der Waals surface area contributed by atoms with Gasteiger partial charge in [-0.25, -0.2) is 9.59 Å². The molecule has 1 fully saturated rings. The third-order valence-electron chi connectivity index (χ3n) is 3.90. The largest absolute Gasteiger partial charge is 0.507 e. The number of phenols is 1. The summed E-state index contributed by atoms with van der Waals surface area (Å²) >= 11 is 0. The van der Waals surface area contributed by atoms with Gasteiger partial charge in [-0.2, -0.15) is 0 Å². The van der Waals surface area contributed by atoms with Gasteiger partial charge in [0.1, 0.15) is 11.3 Å². The van der Waals surface area contributed by atoms with E-state index in [4.69, 9.17) is 4.74 Å². The Labute approximate surface area is 140 Å². The van der Waals surface area contributed by atoms with Crippen LogP contribution < -0.4 is 10.6 Å². The van der Waals surface area contributed by atoms with Crippen molar-refractivity contribution in [3.63, 3.8) is 0 Å². The number of aryl methyl sites for hydroxylation is 1. The van der Waals surface area contributed by atoms with Gasteiger partial charge in [0.25, 0.3) is 5.91 Å². The standard InChI is InChI=1S/C17H22N2O5/c1-11-7-8-14(20)13(9-11)16(22)24-10-15(21)19-17(23)18-12-5-3-2-4-6-12/h7-9,12,20H,2-6,10H2,1H3,(H2,18,19,21,23). The van der Waals surface area contributed by atoms with Gasteiger partial charge in [0.2, 0.25) is 0 Å². The normalized spacial score (nSPS) is 14.7. The van der Waals surface area contributed by atoms with E-state index >= 15 is 0 Å². The van der Waals surface area contributed by atoms with Crippen molar-refractivity contribution in [2.75, 3.05) is 6.61 Å². The van der Waals surface area contributed by atoms with Crippen LogP contribution in [0.3, 0.4) is 0 Å². The SMILES string of the molecule is Cc1ccc(O)c(C(=O)OCC(=O)NC(=O)NC2CCCCC2)c1. The number of rotatable bonds is 4. The topological polar surface area (TPSA) is 105 Å². The molecule has 7 nitrogen and oxygen atoms in total. The van der Waals surface area contributed by atoms with Gasteiger partial charge in [-0.3, -0.25) is 10.1 Å². The zero-order chi connectivity index (χ0) is 17.5. The number of nitrogens with one attached hydrogen (secondary N) is 2. The fourth-order valence-electron chi connectivity index (χ4n) is 2.65. The molecule has 0 spiro atoms. The molecule has 7 heteroatoms. The highest BCUT2D eigenvalue weighted by Gasteiger charge is 2.18. The van der Waals surface area contributed by atoms with E-state index in [0.717, 1.165) is 31.2 Å². The van der Waals surface area contributed by atoms with Crippen molar-refractivity contribution in [2.45, 2.75) is 45.1 Å². The molecule has 0 atom stereocenters. The summed E-state index contributed by atoms with van der Waals surface area (Å²) in [7, 11) is 0. The molecule has 1 aliphatic rings. The number of hydrogen-bond donors (Lipinski definition) is 3. The predicted molar refractivity (Wildman–Crippen MR) is 86.7 cm³/mol. The molecule has 1 aromatic carbocycles. The first-order valence-electron chi connectivity index (χ1n) is 8.03. The summed E-state index contributed by atoms with van der Waals surface area (Å²) in [6.07, 6.45) is 5.11. The Kier molecular flexibility index (Phi) is 6.17. The summed E-state index contributed by atoms with van der Waals surface area (Å²) in [6.45, 7) is 1.17. The molecule has 0 heterocycles. The lowest BCUT2D eigenvalue weighted by molar-refractivity contribution is -0.123. The predicted octanol–water partition coefficient (Wildman–Crippen LogP) is 2.02. The van der Waals surface area contributed by atoms with E-state index in [9.17, 15) is 19.5 Å². The first-order valence-corrected chi connectivity index (χ1v) is 8.03. The number of amides is 3. The van der Waals surface area contributed by atoms with Crippen LogP contribution >= 0.6 is 0 Å². The maximum absolute atomic E-state index is 11.9. The third-order valence-corrected chi connectivity index (χ3v) is 3.90. The van der Waals surface area contributed by atoms with Crippen molar-refractivity contribution < 1.29 is 24.2 Å². The van der Waals surface area contributed by atoms with Crippen LogP contribution in [0, 0.1) is 6.92 Å². The van der Waals surface area contributed by atoms with Crippen LogP contribution in [-0.4, -0.2) is 35.7 Å². The Hall–Kier alpha value is -2.57. The highest BCUT2D eigenvalue weighted by atomic mass is 16.5. The van der Waals surface area contributed by atoms with E-state index in [1.165, 1.54) is 18.6 Å². The number of imide groups is 1. The van der Waals surface area contributed by atoms with Gasteiger partial charge >= 0.3 is 12.0 Å². The van der Waals surface area contributed by atoms with Crippen LogP contribution in [0.25, 0.3) is 0 Å². The summed E-state index contributed by atoms with van der Waals surface area (Å²) in [5.74, 6) is -1.76. The number of ether oxygens (including phenoxy) is 1. The summed E-state index contributed by atoms with van der Waals surface area (Å²) < 4.78 is 4.83. The second kappa shape index (κ2) is 8.33. The maximum Gasteiger partial charge on any atom is 0.342 e. The van der Waals surface area contributed by atoms with Crippen LogP contribution in [0.2, 0.25) is 0 Å². The number of benzene rings is 1. The van der Waals surface area contributed by atoms with E-state index in [2.05, 4.69) is 10.6 Å². The van der Waals surface area contributed by atoms with Crippen molar-refractivity contribution in [1.29, 1.82) is 0 Å². The van der Waals surface area contributed by atoms with Crippen molar-refractivity contribution >= 4 is 17.9 Å². The quantitative estimate of drug-likeness (QED) is 0.731. The molecule has 0 saturated heterocycles. The van der Waals surface area contributed by atoms with Gasteiger partial charge in [0.15, 0.2) is 6.61 Å². The van der Waals surface area contributed by atoms with Gasteiger partial charge < -0.3 is 15.2 Å². The van der Waals surface area contributed by atoms with Crippen LogP contribution in [0.15, 0.2) is 18.2 Å². The summed E-state index contributed by atoms with van der Waals surface area (Å²) in [6, 6.07) is 3.99. The maximum atomic E-state index is 11.9. The van der Waals surface area contributed by atoms with Crippen molar-refractivity contribution in [3.05, 3.63) is 29.3 Å². The molecular formula is C17H22N2O5.